The van der Waals surface area contributed by atoms with Crippen LogP contribution < -0.4 is 10.1 Å². The number of carbonyl (C=O) groups excluding carboxylic acids is 1. The molecule has 0 radical (unpaired) electrons. The minimum atomic E-state index is -0.796. The van der Waals surface area contributed by atoms with Crippen molar-refractivity contribution >= 4 is 11.6 Å². The lowest BCUT2D eigenvalue weighted by molar-refractivity contribution is -0.133. The topological polar surface area (TPSA) is 59.4 Å². The summed E-state index contributed by atoms with van der Waals surface area (Å²) in [6.07, 6.45) is 5.87. The molecule has 2 aromatic rings. The Labute approximate surface area is 210 Å². The van der Waals surface area contributed by atoms with Gasteiger partial charge in [-0.25, -0.2) is 0 Å². The molecule has 1 atom stereocenters. The Morgan fingerprint density at radius 3 is 2.46 bits per heavy atom. The zero-order chi connectivity index (χ0) is 25.4. The third-order valence-electron chi connectivity index (χ3n) is 7.29. The second kappa shape index (κ2) is 9.71. The molecule has 1 amide bonds. The van der Waals surface area contributed by atoms with Gasteiger partial charge in [-0.1, -0.05) is 58.7 Å². The van der Waals surface area contributed by atoms with Crippen molar-refractivity contribution in [2.45, 2.75) is 110 Å². The van der Waals surface area contributed by atoms with Gasteiger partial charge in [0, 0.05) is 18.0 Å². The van der Waals surface area contributed by atoms with Gasteiger partial charge >= 0.3 is 0 Å². The average molecular weight is 479 g/mol. The molecular formula is C29H42N4O2. The maximum absolute atomic E-state index is 13.9. The van der Waals surface area contributed by atoms with Crippen molar-refractivity contribution < 1.29 is 9.53 Å². The van der Waals surface area contributed by atoms with Crippen LogP contribution in [0.4, 0.5) is 0 Å². The molecule has 0 spiro atoms. The number of rotatable bonds is 6. The van der Waals surface area contributed by atoms with Crippen LogP contribution in [0.5, 0.6) is 5.75 Å². The third-order valence-corrected chi connectivity index (χ3v) is 7.29. The fourth-order valence-corrected chi connectivity index (χ4v) is 5.13. The monoisotopic (exact) mass is 478 g/mol. The van der Waals surface area contributed by atoms with Crippen LogP contribution in [0, 0.1) is 0 Å². The van der Waals surface area contributed by atoms with Gasteiger partial charge in [0.15, 0.2) is 0 Å². The number of hydrogen-bond donors (Lipinski definition) is 1. The van der Waals surface area contributed by atoms with E-state index in [0.717, 1.165) is 41.2 Å². The van der Waals surface area contributed by atoms with Crippen molar-refractivity contribution in [2.24, 2.45) is 0 Å². The maximum Gasteiger partial charge on any atom is 0.247 e. The molecule has 1 unspecified atom stereocenters. The van der Waals surface area contributed by atoms with E-state index in [1.807, 2.05) is 37.6 Å². The summed E-state index contributed by atoms with van der Waals surface area (Å²) < 4.78 is 7.80. The molecule has 1 saturated carbocycles. The Kier molecular flexibility index (Phi) is 7.03. The Hall–Kier alpha value is -2.76. The normalized spacial score (nSPS) is 21.2. The van der Waals surface area contributed by atoms with Crippen LogP contribution in [-0.2, 0) is 23.3 Å². The van der Waals surface area contributed by atoms with E-state index in [1.165, 1.54) is 19.3 Å². The van der Waals surface area contributed by atoms with E-state index in [4.69, 9.17) is 9.84 Å². The van der Waals surface area contributed by atoms with Crippen molar-refractivity contribution in [1.82, 2.24) is 20.0 Å². The predicted octanol–water partition coefficient (Wildman–Crippen LogP) is 5.66. The molecule has 1 aromatic heterocycles. The summed E-state index contributed by atoms with van der Waals surface area (Å²) in [6.45, 7) is 18.1. The van der Waals surface area contributed by atoms with Crippen molar-refractivity contribution in [3.63, 3.8) is 0 Å². The van der Waals surface area contributed by atoms with Gasteiger partial charge < -0.3 is 15.0 Å². The Bertz CT molecular complexity index is 1060. The standard InChI is InChI=1S/C29H42N4O2/c1-20(2)35-24-15-13-22(14-16-24)18-32-21(3)25-17-26(28(4,5)6)31-33(25)19-29(32,7)27(34)30-23-11-9-8-10-12-23/h13-17,20,23H,3,8-12,18-19H2,1-2,4-7H3,(H,30,34). The minimum absolute atomic E-state index is 0.0590. The molecule has 6 heteroatoms. The fraction of sp³-hybridized carbons (Fsp3) is 0.586. The van der Waals surface area contributed by atoms with E-state index in [1.54, 1.807) is 0 Å². The lowest BCUT2D eigenvalue weighted by atomic mass is 9.90. The second-order valence-electron chi connectivity index (χ2n) is 11.7. The van der Waals surface area contributed by atoms with Gasteiger partial charge in [0.05, 0.1) is 29.7 Å². The summed E-state index contributed by atoms with van der Waals surface area (Å²) in [5.74, 6) is 0.913. The number of ether oxygens (including phenoxy) is 1. The first kappa shape index (κ1) is 25.3. The van der Waals surface area contributed by atoms with Crippen molar-refractivity contribution in [3.05, 3.63) is 53.9 Å². The van der Waals surface area contributed by atoms with Crippen LogP contribution in [-0.4, -0.2) is 38.3 Å². The van der Waals surface area contributed by atoms with Gasteiger partial charge in [-0.15, -0.1) is 0 Å². The van der Waals surface area contributed by atoms with Gasteiger partial charge in [-0.05, 0) is 57.4 Å². The highest BCUT2D eigenvalue weighted by Gasteiger charge is 2.46. The molecule has 1 aliphatic carbocycles. The second-order valence-corrected chi connectivity index (χ2v) is 11.7. The van der Waals surface area contributed by atoms with Gasteiger partial charge in [-0.3, -0.25) is 9.48 Å². The highest BCUT2D eigenvalue weighted by Crippen LogP contribution is 2.38. The zero-order valence-corrected chi connectivity index (χ0v) is 22.4. The van der Waals surface area contributed by atoms with E-state index in [0.29, 0.717) is 13.1 Å². The van der Waals surface area contributed by atoms with Gasteiger partial charge in [0.2, 0.25) is 5.91 Å². The largest absolute Gasteiger partial charge is 0.491 e. The summed E-state index contributed by atoms with van der Waals surface area (Å²) in [5.41, 5.74) is 3.07. The summed E-state index contributed by atoms with van der Waals surface area (Å²) in [7, 11) is 0. The van der Waals surface area contributed by atoms with Crippen molar-refractivity contribution in [1.29, 1.82) is 0 Å². The van der Waals surface area contributed by atoms with Crippen LogP contribution in [0.15, 0.2) is 36.9 Å². The average Bonchev–Trinajstić information content (AvgIpc) is 3.22. The summed E-state index contributed by atoms with van der Waals surface area (Å²) in [4.78, 5) is 16.0. The van der Waals surface area contributed by atoms with Crippen molar-refractivity contribution in [3.8, 4) is 5.75 Å². The van der Waals surface area contributed by atoms with E-state index in [-0.39, 0.29) is 23.5 Å². The zero-order valence-electron chi connectivity index (χ0n) is 22.4. The van der Waals surface area contributed by atoms with Gasteiger partial charge in [0.1, 0.15) is 11.3 Å². The molecule has 0 saturated heterocycles. The maximum atomic E-state index is 13.9. The van der Waals surface area contributed by atoms with E-state index in [2.05, 4.69) is 55.8 Å². The molecule has 0 bridgehead atoms. The molecular weight excluding hydrogens is 436 g/mol. The number of amides is 1. The number of nitrogens with zero attached hydrogens (tertiary/aromatic N) is 3. The predicted molar refractivity (Wildman–Crippen MR) is 141 cm³/mol. The first-order chi connectivity index (χ1) is 16.5. The van der Waals surface area contributed by atoms with Crippen molar-refractivity contribution in [2.75, 3.05) is 0 Å². The molecule has 2 heterocycles. The molecule has 190 valence electrons. The van der Waals surface area contributed by atoms with Crippen LogP contribution in [0.1, 0.15) is 90.6 Å². The summed E-state index contributed by atoms with van der Waals surface area (Å²) >= 11 is 0. The Morgan fingerprint density at radius 2 is 1.86 bits per heavy atom. The van der Waals surface area contributed by atoms with Crippen LogP contribution in [0.2, 0.25) is 0 Å². The number of hydrogen-bond acceptors (Lipinski definition) is 4. The number of carbonyl (C=O) groups is 1. The minimum Gasteiger partial charge on any atom is -0.491 e. The van der Waals surface area contributed by atoms with Crippen LogP contribution >= 0.6 is 0 Å². The molecule has 4 rings (SSSR count). The molecule has 1 fully saturated rings. The molecule has 1 aliphatic heterocycles. The highest BCUT2D eigenvalue weighted by molar-refractivity contribution is 5.88. The molecule has 35 heavy (non-hydrogen) atoms. The third kappa shape index (κ3) is 5.41. The van der Waals surface area contributed by atoms with Crippen LogP contribution in [0.25, 0.3) is 5.70 Å². The van der Waals surface area contributed by atoms with Gasteiger partial charge in [-0.2, -0.15) is 5.10 Å². The first-order valence-electron chi connectivity index (χ1n) is 13.1. The molecule has 2 aliphatic rings. The number of nitrogens with one attached hydrogen (secondary N) is 1. The lowest BCUT2D eigenvalue weighted by Crippen LogP contribution is -2.61. The number of fused-ring (bicyclic) bond motifs is 1. The number of aromatic nitrogens is 2. The SMILES string of the molecule is C=C1c2cc(C(C)(C)C)nn2CC(C)(C(=O)NC2CCCCC2)N1Cc1ccc(OC(C)C)cc1. The quantitative estimate of drug-likeness (QED) is 0.582. The van der Waals surface area contributed by atoms with E-state index in [9.17, 15) is 4.79 Å². The number of benzene rings is 1. The lowest BCUT2D eigenvalue weighted by Gasteiger charge is -2.46. The smallest absolute Gasteiger partial charge is 0.247 e. The Morgan fingerprint density at radius 1 is 1.20 bits per heavy atom. The highest BCUT2D eigenvalue weighted by atomic mass is 16.5. The van der Waals surface area contributed by atoms with E-state index < -0.39 is 5.54 Å². The molecule has 6 nitrogen and oxygen atoms in total. The Balaban J connectivity index is 1.66. The summed E-state index contributed by atoms with van der Waals surface area (Å²) in [6, 6.07) is 10.5. The van der Waals surface area contributed by atoms with Crippen LogP contribution in [0.3, 0.4) is 0 Å². The summed E-state index contributed by atoms with van der Waals surface area (Å²) in [5, 5.41) is 8.29. The molecule has 1 aromatic carbocycles. The van der Waals surface area contributed by atoms with E-state index >= 15 is 0 Å². The first-order valence-corrected chi connectivity index (χ1v) is 13.1. The van der Waals surface area contributed by atoms with Gasteiger partial charge in [0.25, 0.3) is 0 Å². The molecule has 1 N–H and O–H groups in total. The fourth-order valence-electron chi connectivity index (χ4n) is 5.13.